The average molecular weight is 339 g/mol. The van der Waals surface area contributed by atoms with Crippen LogP contribution in [0.15, 0.2) is 48.5 Å². The molecule has 0 saturated carbocycles. The molecular formula is C19H17NO3S. The third-order valence-electron chi connectivity index (χ3n) is 4.15. The van der Waals surface area contributed by atoms with Crippen molar-refractivity contribution in [1.29, 1.82) is 0 Å². The second-order valence-corrected chi connectivity index (χ2v) is 6.86. The van der Waals surface area contributed by atoms with E-state index in [0.717, 1.165) is 38.4 Å². The third-order valence-corrected chi connectivity index (χ3v) is 5.26. The molecule has 0 bridgehead atoms. The summed E-state index contributed by atoms with van der Waals surface area (Å²) in [5, 5.41) is 4.08. The maximum Gasteiger partial charge on any atom is 0.261 e. The second-order valence-electron chi connectivity index (χ2n) is 5.78. The van der Waals surface area contributed by atoms with Crippen LogP contribution in [-0.4, -0.2) is 25.7 Å². The van der Waals surface area contributed by atoms with Crippen molar-refractivity contribution in [1.82, 2.24) is 5.32 Å². The van der Waals surface area contributed by atoms with Gasteiger partial charge in [-0.05, 0) is 35.7 Å². The Morgan fingerprint density at radius 1 is 1.29 bits per heavy atom. The van der Waals surface area contributed by atoms with Crippen LogP contribution in [0.2, 0.25) is 0 Å². The summed E-state index contributed by atoms with van der Waals surface area (Å²) in [5.41, 5.74) is 1.12. The van der Waals surface area contributed by atoms with Crippen LogP contribution in [0.25, 0.3) is 10.1 Å². The first-order valence-electron chi connectivity index (χ1n) is 7.83. The van der Waals surface area contributed by atoms with E-state index in [1.165, 1.54) is 11.3 Å². The monoisotopic (exact) mass is 339 g/mol. The Kier molecular flexibility index (Phi) is 3.86. The van der Waals surface area contributed by atoms with Gasteiger partial charge in [0.15, 0.2) is 0 Å². The van der Waals surface area contributed by atoms with Gasteiger partial charge in [0.25, 0.3) is 5.91 Å². The Bertz CT molecular complexity index is 870. The predicted molar refractivity (Wildman–Crippen MR) is 95.3 cm³/mol. The zero-order valence-corrected chi connectivity index (χ0v) is 14.1. The van der Waals surface area contributed by atoms with Gasteiger partial charge >= 0.3 is 0 Å². The molecule has 1 atom stereocenters. The van der Waals surface area contributed by atoms with Crippen LogP contribution in [-0.2, 0) is 6.42 Å². The van der Waals surface area contributed by atoms with Crippen molar-refractivity contribution in [2.24, 2.45) is 0 Å². The lowest BCUT2D eigenvalue weighted by molar-refractivity contribution is 0.0937. The summed E-state index contributed by atoms with van der Waals surface area (Å²) in [5.74, 6) is 1.65. The van der Waals surface area contributed by atoms with Crippen LogP contribution in [0, 0.1) is 0 Å². The van der Waals surface area contributed by atoms with E-state index < -0.39 is 0 Å². The van der Waals surface area contributed by atoms with E-state index in [0.29, 0.717) is 6.54 Å². The molecule has 1 aliphatic rings. The van der Waals surface area contributed by atoms with Gasteiger partial charge in [-0.2, -0.15) is 0 Å². The molecule has 5 heteroatoms. The van der Waals surface area contributed by atoms with Crippen LogP contribution >= 0.6 is 11.3 Å². The summed E-state index contributed by atoms with van der Waals surface area (Å²) in [6, 6.07) is 15.7. The predicted octanol–water partition coefficient (Wildman–Crippen LogP) is 3.64. The molecule has 2 heterocycles. The zero-order valence-electron chi connectivity index (χ0n) is 13.2. The maximum absolute atomic E-state index is 12.4. The van der Waals surface area contributed by atoms with E-state index in [-0.39, 0.29) is 12.0 Å². The number of carbonyl (C=O) groups is 1. The van der Waals surface area contributed by atoms with Gasteiger partial charge in [-0.25, -0.2) is 0 Å². The molecule has 2 aromatic carbocycles. The van der Waals surface area contributed by atoms with Gasteiger partial charge in [0.05, 0.1) is 18.5 Å². The molecule has 24 heavy (non-hydrogen) atoms. The lowest BCUT2D eigenvalue weighted by Crippen LogP contribution is -2.34. The number of nitrogens with one attached hydrogen (secondary N) is 1. The van der Waals surface area contributed by atoms with Gasteiger partial charge in [-0.15, -0.1) is 11.3 Å². The van der Waals surface area contributed by atoms with Crippen molar-refractivity contribution in [2.75, 3.05) is 13.7 Å². The molecule has 4 nitrogen and oxygen atoms in total. The molecule has 4 rings (SSSR count). The molecule has 1 aliphatic heterocycles. The number of fused-ring (bicyclic) bond motifs is 2. The highest BCUT2D eigenvalue weighted by Gasteiger charge is 2.24. The first-order valence-corrected chi connectivity index (χ1v) is 8.65. The molecule has 1 N–H and O–H groups in total. The van der Waals surface area contributed by atoms with Gasteiger partial charge in [0.2, 0.25) is 0 Å². The zero-order chi connectivity index (χ0) is 16.5. The van der Waals surface area contributed by atoms with E-state index in [2.05, 4.69) is 5.32 Å². The minimum Gasteiger partial charge on any atom is -0.497 e. The number of hydrogen-bond donors (Lipinski definition) is 1. The Hall–Kier alpha value is -2.53. The van der Waals surface area contributed by atoms with E-state index in [9.17, 15) is 4.79 Å². The van der Waals surface area contributed by atoms with Crippen molar-refractivity contribution in [3.63, 3.8) is 0 Å². The van der Waals surface area contributed by atoms with Crippen molar-refractivity contribution < 1.29 is 14.3 Å². The van der Waals surface area contributed by atoms with Crippen molar-refractivity contribution in [2.45, 2.75) is 12.5 Å². The molecule has 0 spiro atoms. The average Bonchev–Trinajstić information content (AvgIpc) is 3.22. The molecule has 0 radical (unpaired) electrons. The molecule has 1 unspecified atom stereocenters. The second kappa shape index (κ2) is 6.17. The molecule has 122 valence electrons. The summed E-state index contributed by atoms with van der Waals surface area (Å²) >= 11 is 1.51. The number of hydrogen-bond acceptors (Lipinski definition) is 4. The molecular weight excluding hydrogens is 322 g/mol. The Morgan fingerprint density at radius 2 is 2.17 bits per heavy atom. The van der Waals surface area contributed by atoms with E-state index >= 15 is 0 Å². The molecule has 0 aliphatic carbocycles. The standard InChI is InChI=1S/C19H17NO3S/c1-22-14-6-7-16-13(8-14)9-15(23-16)11-20-19(21)18-10-12-4-2-3-5-17(12)24-18/h2-8,10,15H,9,11H2,1H3,(H,20,21). The van der Waals surface area contributed by atoms with Crippen LogP contribution in [0.1, 0.15) is 15.2 Å². The van der Waals surface area contributed by atoms with Gasteiger partial charge in [-0.1, -0.05) is 18.2 Å². The molecule has 1 amide bonds. The van der Waals surface area contributed by atoms with E-state index in [1.807, 2.05) is 48.5 Å². The minimum absolute atomic E-state index is 0.0366. The number of amides is 1. The first-order chi connectivity index (χ1) is 11.7. The Morgan fingerprint density at radius 3 is 3.00 bits per heavy atom. The number of thiophene rings is 1. The van der Waals surface area contributed by atoms with Gasteiger partial charge in [0, 0.05) is 16.7 Å². The van der Waals surface area contributed by atoms with Gasteiger partial charge in [-0.3, -0.25) is 4.79 Å². The highest BCUT2D eigenvalue weighted by atomic mass is 32.1. The Labute approximate surface area is 144 Å². The van der Waals surface area contributed by atoms with Gasteiger partial charge in [0.1, 0.15) is 17.6 Å². The highest BCUT2D eigenvalue weighted by molar-refractivity contribution is 7.20. The molecule has 1 aromatic heterocycles. The van der Waals surface area contributed by atoms with Crippen LogP contribution < -0.4 is 14.8 Å². The van der Waals surface area contributed by atoms with Crippen LogP contribution in [0.5, 0.6) is 11.5 Å². The lowest BCUT2D eigenvalue weighted by atomic mass is 10.1. The number of benzene rings is 2. The van der Waals surface area contributed by atoms with Crippen LogP contribution in [0.4, 0.5) is 0 Å². The summed E-state index contributed by atoms with van der Waals surface area (Å²) in [6.45, 7) is 0.490. The SMILES string of the molecule is COc1ccc2c(c1)CC(CNC(=O)c1cc3ccccc3s1)O2. The third kappa shape index (κ3) is 2.83. The van der Waals surface area contributed by atoms with Gasteiger partial charge < -0.3 is 14.8 Å². The topological polar surface area (TPSA) is 47.6 Å². The molecule has 0 saturated heterocycles. The lowest BCUT2D eigenvalue weighted by Gasteiger charge is -2.11. The highest BCUT2D eigenvalue weighted by Crippen LogP contribution is 2.32. The largest absolute Gasteiger partial charge is 0.497 e. The number of carbonyl (C=O) groups excluding carboxylic acids is 1. The van der Waals surface area contributed by atoms with E-state index in [1.54, 1.807) is 7.11 Å². The maximum atomic E-state index is 12.4. The van der Waals surface area contributed by atoms with Crippen LogP contribution in [0.3, 0.4) is 0 Å². The fourth-order valence-corrected chi connectivity index (χ4v) is 3.90. The van der Waals surface area contributed by atoms with Crippen molar-refractivity contribution in [3.8, 4) is 11.5 Å². The summed E-state index contributed by atoms with van der Waals surface area (Å²) in [7, 11) is 1.65. The quantitative estimate of drug-likeness (QED) is 0.789. The fourth-order valence-electron chi connectivity index (χ4n) is 2.93. The minimum atomic E-state index is -0.0478. The molecule has 3 aromatic rings. The molecule has 0 fully saturated rings. The fraction of sp³-hybridized carbons (Fsp3) is 0.211. The normalized spacial score (nSPS) is 15.8. The Balaban J connectivity index is 1.39. The van der Waals surface area contributed by atoms with Crippen molar-refractivity contribution >= 4 is 27.3 Å². The number of ether oxygens (including phenoxy) is 2. The summed E-state index contributed by atoms with van der Waals surface area (Å²) < 4.78 is 12.2. The number of rotatable bonds is 4. The van der Waals surface area contributed by atoms with Crippen molar-refractivity contribution in [3.05, 3.63) is 59.0 Å². The van der Waals surface area contributed by atoms with E-state index in [4.69, 9.17) is 9.47 Å². The first kappa shape index (κ1) is 15.0. The smallest absolute Gasteiger partial charge is 0.261 e. The number of methoxy groups -OCH3 is 1. The summed E-state index contributed by atoms with van der Waals surface area (Å²) in [6.07, 6.45) is 0.740. The summed E-state index contributed by atoms with van der Waals surface area (Å²) in [4.78, 5) is 13.1.